The standard InChI is InChI=1S/C12H9FN2O4S/c13-20(17,18)19-10-6-4-9(5-7-10)12(16)15-11-3-1-2-8-14-11/h1-8H,(H,14,15,16). The molecule has 0 saturated heterocycles. The van der Waals surface area contributed by atoms with Gasteiger partial charge in [0.05, 0.1) is 0 Å². The number of nitrogens with zero attached hydrogens (tertiary/aromatic N) is 1. The van der Waals surface area contributed by atoms with Crippen LogP contribution in [0.1, 0.15) is 10.4 Å². The first-order valence-electron chi connectivity index (χ1n) is 5.40. The van der Waals surface area contributed by atoms with E-state index in [1.54, 1.807) is 18.2 Å². The van der Waals surface area contributed by atoms with Crippen LogP contribution in [0.3, 0.4) is 0 Å². The molecule has 0 radical (unpaired) electrons. The molecule has 0 fully saturated rings. The van der Waals surface area contributed by atoms with Crippen LogP contribution in [0.15, 0.2) is 48.7 Å². The van der Waals surface area contributed by atoms with Crippen molar-refractivity contribution in [3.63, 3.8) is 0 Å². The Hall–Kier alpha value is -2.48. The number of nitrogens with one attached hydrogen (secondary N) is 1. The van der Waals surface area contributed by atoms with Gasteiger partial charge in [0.1, 0.15) is 11.6 Å². The van der Waals surface area contributed by atoms with Crippen LogP contribution in [0, 0.1) is 0 Å². The molecule has 1 aromatic heterocycles. The van der Waals surface area contributed by atoms with Crippen molar-refractivity contribution < 1.29 is 21.3 Å². The third-order valence-electron chi connectivity index (χ3n) is 2.22. The summed E-state index contributed by atoms with van der Waals surface area (Å²) in [6, 6.07) is 9.99. The van der Waals surface area contributed by atoms with Crippen molar-refractivity contribution in [2.24, 2.45) is 0 Å². The van der Waals surface area contributed by atoms with E-state index in [1.165, 1.54) is 30.5 Å². The third-order valence-corrected chi connectivity index (χ3v) is 2.61. The average Bonchev–Trinajstić information content (AvgIpc) is 2.39. The van der Waals surface area contributed by atoms with Crippen molar-refractivity contribution in [1.82, 2.24) is 4.98 Å². The lowest BCUT2D eigenvalue weighted by Crippen LogP contribution is -2.12. The summed E-state index contributed by atoms with van der Waals surface area (Å²) >= 11 is 0. The zero-order valence-corrected chi connectivity index (χ0v) is 10.8. The zero-order valence-electron chi connectivity index (χ0n) is 9.99. The number of hydrogen-bond donors (Lipinski definition) is 1. The summed E-state index contributed by atoms with van der Waals surface area (Å²) in [5, 5.41) is 2.54. The third kappa shape index (κ3) is 4.02. The van der Waals surface area contributed by atoms with Crippen LogP contribution < -0.4 is 9.50 Å². The van der Waals surface area contributed by atoms with Gasteiger partial charge >= 0.3 is 10.5 Å². The highest BCUT2D eigenvalue weighted by molar-refractivity contribution is 7.81. The number of aromatic nitrogens is 1. The fourth-order valence-electron chi connectivity index (χ4n) is 1.40. The number of rotatable bonds is 4. The predicted octanol–water partition coefficient (Wildman–Crippen LogP) is 1.93. The maximum absolute atomic E-state index is 12.3. The average molecular weight is 296 g/mol. The Morgan fingerprint density at radius 1 is 1.15 bits per heavy atom. The van der Waals surface area contributed by atoms with Gasteiger partial charge in [-0.25, -0.2) is 4.98 Å². The van der Waals surface area contributed by atoms with Gasteiger partial charge in [0.2, 0.25) is 0 Å². The van der Waals surface area contributed by atoms with Crippen molar-refractivity contribution in [3.8, 4) is 5.75 Å². The monoisotopic (exact) mass is 296 g/mol. The SMILES string of the molecule is O=C(Nc1ccccn1)c1ccc(OS(=O)(=O)F)cc1. The summed E-state index contributed by atoms with van der Waals surface area (Å²) in [5.41, 5.74) is 0.249. The molecule has 0 spiro atoms. The number of anilines is 1. The van der Waals surface area contributed by atoms with Crippen LogP contribution >= 0.6 is 0 Å². The maximum Gasteiger partial charge on any atom is 0.488 e. The molecule has 2 rings (SSSR count). The number of carbonyl (C=O) groups is 1. The molecule has 20 heavy (non-hydrogen) atoms. The molecule has 1 N–H and O–H groups in total. The summed E-state index contributed by atoms with van der Waals surface area (Å²) in [4.78, 5) is 15.8. The van der Waals surface area contributed by atoms with Crippen LogP contribution in [0.25, 0.3) is 0 Å². The molecular formula is C12H9FN2O4S. The Kier molecular flexibility index (Phi) is 3.94. The van der Waals surface area contributed by atoms with Crippen LogP contribution in [0.2, 0.25) is 0 Å². The van der Waals surface area contributed by atoms with E-state index >= 15 is 0 Å². The van der Waals surface area contributed by atoms with Gasteiger partial charge < -0.3 is 9.50 Å². The van der Waals surface area contributed by atoms with Gasteiger partial charge in [0.15, 0.2) is 0 Å². The molecule has 1 aromatic carbocycles. The van der Waals surface area contributed by atoms with Crippen LogP contribution in [0.5, 0.6) is 5.75 Å². The normalized spacial score (nSPS) is 10.8. The maximum atomic E-state index is 12.3. The lowest BCUT2D eigenvalue weighted by atomic mass is 10.2. The van der Waals surface area contributed by atoms with E-state index in [0.717, 1.165) is 0 Å². The number of amides is 1. The highest BCUT2D eigenvalue weighted by Crippen LogP contribution is 2.15. The quantitative estimate of drug-likeness (QED) is 0.871. The first kappa shape index (κ1) is 13.9. The van der Waals surface area contributed by atoms with E-state index < -0.39 is 16.4 Å². The van der Waals surface area contributed by atoms with Crippen molar-refractivity contribution in [3.05, 3.63) is 54.2 Å². The van der Waals surface area contributed by atoms with E-state index in [0.29, 0.717) is 5.82 Å². The number of pyridine rings is 1. The van der Waals surface area contributed by atoms with Crippen LogP contribution in [0.4, 0.5) is 9.70 Å². The fraction of sp³-hybridized carbons (Fsp3) is 0. The summed E-state index contributed by atoms with van der Waals surface area (Å²) in [5.74, 6) is -0.274. The molecule has 104 valence electrons. The molecule has 0 aliphatic rings. The van der Waals surface area contributed by atoms with Gasteiger partial charge in [-0.1, -0.05) is 9.95 Å². The topological polar surface area (TPSA) is 85.4 Å². The van der Waals surface area contributed by atoms with E-state index in [2.05, 4.69) is 14.5 Å². The highest BCUT2D eigenvalue weighted by Gasteiger charge is 2.11. The van der Waals surface area contributed by atoms with Gasteiger partial charge in [-0.05, 0) is 36.4 Å². The Morgan fingerprint density at radius 3 is 2.40 bits per heavy atom. The Labute approximate surface area is 114 Å². The molecule has 0 bridgehead atoms. The first-order chi connectivity index (χ1) is 9.44. The molecule has 0 aliphatic heterocycles. The van der Waals surface area contributed by atoms with Crippen LogP contribution in [-0.2, 0) is 10.5 Å². The second-order valence-electron chi connectivity index (χ2n) is 3.67. The van der Waals surface area contributed by atoms with Crippen molar-refractivity contribution in [2.45, 2.75) is 0 Å². The summed E-state index contributed by atoms with van der Waals surface area (Å²) in [6.07, 6.45) is 1.53. The largest absolute Gasteiger partial charge is 0.488 e. The lowest BCUT2D eigenvalue weighted by Gasteiger charge is -2.05. The molecule has 6 nitrogen and oxygen atoms in total. The molecule has 1 amide bonds. The smallest absolute Gasteiger partial charge is 0.358 e. The Morgan fingerprint density at radius 2 is 1.85 bits per heavy atom. The minimum absolute atomic E-state index is 0.220. The molecule has 0 atom stereocenters. The summed E-state index contributed by atoms with van der Waals surface area (Å²) in [6.45, 7) is 0. The number of hydrogen-bond acceptors (Lipinski definition) is 5. The number of halogens is 1. The van der Waals surface area contributed by atoms with Crippen LogP contribution in [-0.4, -0.2) is 19.3 Å². The Balaban J connectivity index is 2.08. The lowest BCUT2D eigenvalue weighted by molar-refractivity contribution is 0.102. The number of benzene rings is 1. The minimum atomic E-state index is -5.07. The van der Waals surface area contributed by atoms with Gasteiger partial charge in [0.25, 0.3) is 5.91 Å². The molecule has 8 heteroatoms. The second kappa shape index (κ2) is 5.66. The van der Waals surface area contributed by atoms with Gasteiger partial charge in [-0.15, -0.1) is 0 Å². The van der Waals surface area contributed by atoms with Gasteiger partial charge in [-0.2, -0.15) is 8.42 Å². The fourth-order valence-corrected chi connectivity index (χ4v) is 1.74. The van der Waals surface area contributed by atoms with Crippen molar-refractivity contribution >= 4 is 22.2 Å². The first-order valence-corrected chi connectivity index (χ1v) is 6.71. The molecule has 2 aromatic rings. The molecule has 0 aliphatic carbocycles. The van der Waals surface area contributed by atoms with E-state index in [-0.39, 0.29) is 11.3 Å². The zero-order chi connectivity index (χ0) is 14.6. The van der Waals surface area contributed by atoms with Gasteiger partial charge in [0, 0.05) is 11.8 Å². The van der Waals surface area contributed by atoms with E-state index in [9.17, 15) is 17.1 Å². The van der Waals surface area contributed by atoms with E-state index in [4.69, 9.17) is 0 Å². The molecule has 1 heterocycles. The van der Waals surface area contributed by atoms with Gasteiger partial charge in [-0.3, -0.25) is 4.79 Å². The summed E-state index contributed by atoms with van der Waals surface area (Å²) in [7, 11) is -5.07. The highest BCUT2D eigenvalue weighted by atomic mass is 32.3. The summed E-state index contributed by atoms with van der Waals surface area (Å²) < 4.78 is 36.9. The molecule has 0 saturated carbocycles. The second-order valence-corrected chi connectivity index (χ2v) is 4.62. The Bertz CT molecular complexity index is 702. The van der Waals surface area contributed by atoms with Crippen molar-refractivity contribution in [1.29, 1.82) is 0 Å². The molecule has 0 unspecified atom stereocenters. The minimum Gasteiger partial charge on any atom is -0.358 e. The molecular weight excluding hydrogens is 287 g/mol. The predicted molar refractivity (Wildman–Crippen MR) is 69.3 cm³/mol. The van der Waals surface area contributed by atoms with E-state index in [1.807, 2.05) is 0 Å². The van der Waals surface area contributed by atoms with Crippen molar-refractivity contribution in [2.75, 3.05) is 5.32 Å². The number of carbonyl (C=O) groups excluding carboxylic acids is 1.